The van der Waals surface area contributed by atoms with Gasteiger partial charge in [-0.2, -0.15) is 0 Å². The Hall–Kier alpha value is -2.62. The van der Waals surface area contributed by atoms with Crippen molar-refractivity contribution in [3.8, 4) is 23.0 Å². The Morgan fingerprint density at radius 2 is 1.60 bits per heavy atom. The first-order chi connectivity index (χ1) is 14.2. The van der Waals surface area contributed by atoms with Gasteiger partial charge in [0, 0.05) is 31.3 Å². The summed E-state index contributed by atoms with van der Waals surface area (Å²) in [5.41, 5.74) is 1.89. The van der Waals surface area contributed by atoms with Crippen LogP contribution in [0.5, 0.6) is 23.0 Å². The fourth-order valence-corrected chi connectivity index (χ4v) is 2.76. The van der Waals surface area contributed by atoms with Crippen LogP contribution < -0.4 is 29.6 Å². The van der Waals surface area contributed by atoms with Gasteiger partial charge in [0.25, 0.3) is 0 Å². The summed E-state index contributed by atoms with van der Waals surface area (Å²) in [6.45, 7) is 5.17. The minimum atomic E-state index is 0. The molecular weight excluding hydrogens is 497 g/mol. The summed E-state index contributed by atoms with van der Waals surface area (Å²) in [7, 11) is 6.56. The van der Waals surface area contributed by atoms with Gasteiger partial charge in [-0.25, -0.2) is 0 Å². The average molecular weight is 527 g/mol. The van der Waals surface area contributed by atoms with Crippen LogP contribution in [0.4, 0.5) is 0 Å². The lowest BCUT2D eigenvalue weighted by atomic mass is 10.1. The Bertz CT molecular complexity index is 818. The van der Waals surface area contributed by atoms with Crippen LogP contribution in [0, 0.1) is 0 Å². The molecule has 8 heteroatoms. The van der Waals surface area contributed by atoms with E-state index in [0.29, 0.717) is 42.9 Å². The zero-order valence-electron chi connectivity index (χ0n) is 17.9. The minimum Gasteiger partial charge on any atom is -0.496 e. The van der Waals surface area contributed by atoms with Crippen molar-refractivity contribution < 1.29 is 18.9 Å². The quantitative estimate of drug-likeness (QED) is 0.212. The number of para-hydroxylation sites is 1. The van der Waals surface area contributed by atoms with Crippen LogP contribution in [-0.4, -0.2) is 40.9 Å². The lowest BCUT2D eigenvalue weighted by Crippen LogP contribution is -2.36. The van der Waals surface area contributed by atoms with Crippen LogP contribution in [0.25, 0.3) is 0 Å². The van der Waals surface area contributed by atoms with Gasteiger partial charge in [-0.15, -0.1) is 24.0 Å². The molecule has 164 valence electrons. The van der Waals surface area contributed by atoms with Crippen LogP contribution in [0.3, 0.4) is 0 Å². The highest BCUT2D eigenvalue weighted by Crippen LogP contribution is 2.33. The summed E-state index contributed by atoms with van der Waals surface area (Å²) in [5, 5.41) is 6.58. The van der Waals surface area contributed by atoms with Gasteiger partial charge in [0.05, 0.1) is 33.4 Å². The molecule has 0 saturated heterocycles. The molecular formula is C22H30IN3O4. The predicted octanol–water partition coefficient (Wildman–Crippen LogP) is 3.76. The highest BCUT2D eigenvalue weighted by Gasteiger charge is 2.14. The second kappa shape index (κ2) is 13.6. The SMILES string of the molecule is C=CCOc1ccccc1CNC(=NC)NCc1c(OC)cc(OC)cc1OC.I. The highest BCUT2D eigenvalue weighted by atomic mass is 127. The minimum absolute atomic E-state index is 0. The third-order valence-corrected chi connectivity index (χ3v) is 4.25. The molecule has 2 aromatic rings. The number of ether oxygens (including phenoxy) is 4. The van der Waals surface area contributed by atoms with Crippen molar-refractivity contribution in [3.05, 3.63) is 60.2 Å². The van der Waals surface area contributed by atoms with Gasteiger partial charge in [0.15, 0.2) is 5.96 Å². The molecule has 0 radical (unpaired) electrons. The zero-order valence-corrected chi connectivity index (χ0v) is 20.2. The van der Waals surface area contributed by atoms with E-state index < -0.39 is 0 Å². The molecule has 0 aliphatic carbocycles. The number of guanidine groups is 1. The molecule has 0 fully saturated rings. The van der Waals surface area contributed by atoms with Crippen molar-refractivity contribution in [1.29, 1.82) is 0 Å². The second-order valence-electron chi connectivity index (χ2n) is 6.00. The van der Waals surface area contributed by atoms with Crippen molar-refractivity contribution >= 4 is 29.9 Å². The van der Waals surface area contributed by atoms with Crippen molar-refractivity contribution in [2.24, 2.45) is 4.99 Å². The Morgan fingerprint density at radius 3 is 2.17 bits per heavy atom. The maximum Gasteiger partial charge on any atom is 0.191 e. The summed E-state index contributed by atoms with van der Waals surface area (Å²) in [6.07, 6.45) is 1.72. The van der Waals surface area contributed by atoms with E-state index in [1.54, 1.807) is 34.5 Å². The Morgan fingerprint density at radius 1 is 0.967 bits per heavy atom. The molecule has 0 amide bonds. The van der Waals surface area contributed by atoms with Crippen LogP contribution >= 0.6 is 24.0 Å². The van der Waals surface area contributed by atoms with E-state index in [4.69, 9.17) is 18.9 Å². The van der Waals surface area contributed by atoms with Crippen molar-refractivity contribution in [2.45, 2.75) is 13.1 Å². The number of benzene rings is 2. The summed E-state index contributed by atoms with van der Waals surface area (Å²) in [6, 6.07) is 11.5. The molecule has 0 bridgehead atoms. The first-order valence-electron chi connectivity index (χ1n) is 9.21. The van der Waals surface area contributed by atoms with Gasteiger partial charge < -0.3 is 29.6 Å². The summed E-state index contributed by atoms with van der Waals surface area (Å²) >= 11 is 0. The van der Waals surface area contributed by atoms with Gasteiger partial charge in [-0.3, -0.25) is 4.99 Å². The molecule has 0 unspecified atom stereocenters. The van der Waals surface area contributed by atoms with Crippen molar-refractivity contribution in [3.63, 3.8) is 0 Å². The van der Waals surface area contributed by atoms with E-state index in [9.17, 15) is 0 Å². The molecule has 0 aromatic heterocycles. The van der Waals surface area contributed by atoms with Gasteiger partial charge in [0.2, 0.25) is 0 Å². The Labute approximate surface area is 195 Å². The van der Waals surface area contributed by atoms with Crippen LogP contribution in [0.15, 0.2) is 54.0 Å². The van der Waals surface area contributed by atoms with Crippen LogP contribution in [0.2, 0.25) is 0 Å². The molecule has 0 saturated carbocycles. The Balaban J connectivity index is 0.00000450. The number of nitrogens with zero attached hydrogens (tertiary/aromatic N) is 1. The number of nitrogens with one attached hydrogen (secondary N) is 2. The molecule has 7 nitrogen and oxygen atoms in total. The molecule has 0 aliphatic rings. The predicted molar refractivity (Wildman–Crippen MR) is 131 cm³/mol. The van der Waals surface area contributed by atoms with E-state index in [0.717, 1.165) is 16.9 Å². The van der Waals surface area contributed by atoms with Crippen molar-refractivity contribution in [2.75, 3.05) is 35.0 Å². The van der Waals surface area contributed by atoms with E-state index in [2.05, 4.69) is 22.2 Å². The lowest BCUT2D eigenvalue weighted by molar-refractivity contribution is 0.358. The molecule has 30 heavy (non-hydrogen) atoms. The van der Waals surface area contributed by atoms with E-state index in [1.165, 1.54) is 0 Å². The fraction of sp³-hybridized carbons (Fsp3) is 0.318. The molecule has 2 aromatic carbocycles. The topological polar surface area (TPSA) is 73.3 Å². The standard InChI is InChI=1S/C22H29N3O4.HI/c1-6-11-29-19-10-8-7-9-16(19)14-24-22(23-2)25-15-18-20(27-4)12-17(26-3)13-21(18)28-5;/h6-10,12-13H,1,11,14-15H2,2-5H3,(H2,23,24,25);1H. The van der Waals surface area contributed by atoms with Crippen molar-refractivity contribution in [1.82, 2.24) is 10.6 Å². The van der Waals surface area contributed by atoms with Gasteiger partial charge in [-0.05, 0) is 6.07 Å². The number of halogens is 1. The highest BCUT2D eigenvalue weighted by molar-refractivity contribution is 14.0. The van der Waals surface area contributed by atoms with Crippen LogP contribution in [-0.2, 0) is 13.1 Å². The summed E-state index contributed by atoms with van der Waals surface area (Å²) in [5.74, 6) is 3.47. The van der Waals surface area contributed by atoms with Gasteiger partial charge in [-0.1, -0.05) is 30.9 Å². The Kier molecular flexibility index (Phi) is 11.5. The lowest BCUT2D eigenvalue weighted by Gasteiger charge is -2.18. The number of rotatable bonds is 10. The largest absolute Gasteiger partial charge is 0.496 e. The molecule has 0 spiro atoms. The van der Waals surface area contributed by atoms with E-state index in [1.807, 2.05) is 36.4 Å². The van der Waals surface area contributed by atoms with Gasteiger partial charge in [0.1, 0.15) is 29.6 Å². The molecule has 2 N–H and O–H groups in total. The van der Waals surface area contributed by atoms with E-state index >= 15 is 0 Å². The number of hydrogen-bond donors (Lipinski definition) is 2. The van der Waals surface area contributed by atoms with Gasteiger partial charge >= 0.3 is 0 Å². The fourth-order valence-electron chi connectivity index (χ4n) is 2.76. The monoisotopic (exact) mass is 527 g/mol. The zero-order chi connectivity index (χ0) is 21.1. The van der Waals surface area contributed by atoms with E-state index in [-0.39, 0.29) is 24.0 Å². The first kappa shape index (κ1) is 25.4. The summed E-state index contributed by atoms with van der Waals surface area (Å²) < 4.78 is 22.0. The number of hydrogen-bond acceptors (Lipinski definition) is 5. The number of aliphatic imine (C=N–C) groups is 1. The summed E-state index contributed by atoms with van der Waals surface area (Å²) in [4.78, 5) is 4.29. The molecule has 2 rings (SSSR count). The maximum absolute atomic E-state index is 5.70. The average Bonchev–Trinajstić information content (AvgIpc) is 2.77. The molecule has 0 atom stereocenters. The third kappa shape index (κ3) is 7.01. The third-order valence-electron chi connectivity index (χ3n) is 4.25. The molecule has 0 heterocycles. The smallest absolute Gasteiger partial charge is 0.191 e. The maximum atomic E-state index is 5.70. The molecule has 0 aliphatic heterocycles. The normalized spacial score (nSPS) is 10.5. The number of methoxy groups -OCH3 is 3. The first-order valence-corrected chi connectivity index (χ1v) is 9.21. The van der Waals surface area contributed by atoms with Crippen LogP contribution in [0.1, 0.15) is 11.1 Å². The second-order valence-corrected chi connectivity index (χ2v) is 6.00.